The number of aromatic nitrogens is 1. The molecule has 1 unspecified atom stereocenters. The van der Waals surface area contributed by atoms with Gasteiger partial charge in [0, 0.05) is 29.8 Å². The van der Waals surface area contributed by atoms with Gasteiger partial charge in [0.2, 0.25) is 0 Å². The van der Waals surface area contributed by atoms with Crippen LogP contribution >= 0.6 is 11.3 Å². The predicted molar refractivity (Wildman–Crippen MR) is 56.0 cm³/mol. The van der Waals surface area contributed by atoms with E-state index in [0.29, 0.717) is 6.42 Å². The van der Waals surface area contributed by atoms with E-state index in [1.54, 1.807) is 23.6 Å². The molecule has 1 aromatic heterocycles. The number of carbonyl (C=O) groups excluding carboxylic acids is 1. The summed E-state index contributed by atoms with van der Waals surface area (Å²) in [5.74, 6) is 0.221. The standard InChI is InChI=1S/C10H12N2OS/c1-7(10-11-4-5-14-10)12-8-2-3-9(13)6-8/h4-7,12H,2-3H2,1H3. The molecule has 2 rings (SSSR count). The quantitative estimate of drug-likeness (QED) is 0.826. The highest BCUT2D eigenvalue weighted by Crippen LogP contribution is 2.20. The fourth-order valence-electron chi connectivity index (χ4n) is 1.50. The van der Waals surface area contributed by atoms with E-state index in [0.717, 1.165) is 17.1 Å². The van der Waals surface area contributed by atoms with Crippen LogP contribution in [0.3, 0.4) is 0 Å². The lowest BCUT2D eigenvalue weighted by Gasteiger charge is -2.12. The third-order valence-corrected chi connectivity index (χ3v) is 3.16. The monoisotopic (exact) mass is 208 g/mol. The van der Waals surface area contributed by atoms with Crippen molar-refractivity contribution in [2.24, 2.45) is 0 Å². The molecule has 74 valence electrons. The molecule has 4 heteroatoms. The SMILES string of the molecule is CC(NC1=CC(=O)CC1)c1nccs1. The third kappa shape index (κ3) is 2.01. The summed E-state index contributed by atoms with van der Waals surface area (Å²) < 4.78 is 0. The van der Waals surface area contributed by atoms with Gasteiger partial charge in [-0.2, -0.15) is 0 Å². The maximum absolute atomic E-state index is 11.0. The van der Waals surface area contributed by atoms with Crippen LogP contribution in [0.15, 0.2) is 23.3 Å². The lowest BCUT2D eigenvalue weighted by molar-refractivity contribution is -0.114. The van der Waals surface area contributed by atoms with Gasteiger partial charge < -0.3 is 5.32 Å². The van der Waals surface area contributed by atoms with Gasteiger partial charge in [-0.1, -0.05) is 0 Å². The van der Waals surface area contributed by atoms with Crippen LogP contribution in [0.4, 0.5) is 0 Å². The summed E-state index contributed by atoms with van der Waals surface area (Å²) in [5.41, 5.74) is 1.04. The Bertz CT molecular complexity index is 356. The van der Waals surface area contributed by atoms with Crippen molar-refractivity contribution in [1.82, 2.24) is 10.3 Å². The molecule has 0 fully saturated rings. The van der Waals surface area contributed by atoms with Crippen LogP contribution in [0.1, 0.15) is 30.8 Å². The topological polar surface area (TPSA) is 42.0 Å². The fraction of sp³-hybridized carbons (Fsp3) is 0.400. The Kier molecular flexibility index (Phi) is 2.63. The van der Waals surface area contributed by atoms with Crippen LogP contribution in [0.5, 0.6) is 0 Å². The van der Waals surface area contributed by atoms with Crippen LogP contribution < -0.4 is 5.32 Å². The fourth-order valence-corrected chi connectivity index (χ4v) is 2.14. The van der Waals surface area contributed by atoms with Gasteiger partial charge in [-0.05, 0) is 13.3 Å². The van der Waals surface area contributed by atoms with Gasteiger partial charge in [-0.25, -0.2) is 4.98 Å². The van der Waals surface area contributed by atoms with Gasteiger partial charge in [0.25, 0.3) is 0 Å². The van der Waals surface area contributed by atoms with E-state index >= 15 is 0 Å². The Morgan fingerprint density at radius 2 is 2.43 bits per heavy atom. The normalized spacial score (nSPS) is 18.1. The Balaban J connectivity index is 1.98. The Morgan fingerprint density at radius 1 is 1.57 bits per heavy atom. The van der Waals surface area contributed by atoms with Crippen LogP contribution in [0.25, 0.3) is 0 Å². The first-order valence-corrected chi connectivity index (χ1v) is 5.53. The highest BCUT2D eigenvalue weighted by Gasteiger charge is 2.15. The molecule has 1 aliphatic rings. The van der Waals surface area contributed by atoms with E-state index in [4.69, 9.17) is 0 Å². The van der Waals surface area contributed by atoms with Gasteiger partial charge in [0.15, 0.2) is 5.78 Å². The lowest BCUT2D eigenvalue weighted by Crippen LogP contribution is -2.16. The number of ketones is 1. The molecular weight excluding hydrogens is 196 g/mol. The Labute approximate surface area is 86.9 Å². The molecule has 0 amide bonds. The van der Waals surface area contributed by atoms with Gasteiger partial charge in [0.1, 0.15) is 5.01 Å². The van der Waals surface area contributed by atoms with Crippen molar-refractivity contribution in [3.8, 4) is 0 Å². The first-order chi connectivity index (χ1) is 6.75. The molecular formula is C10H12N2OS. The minimum Gasteiger partial charge on any atom is -0.379 e. The molecule has 1 aromatic rings. The number of allylic oxidation sites excluding steroid dienone is 2. The van der Waals surface area contributed by atoms with E-state index in [-0.39, 0.29) is 11.8 Å². The number of carbonyl (C=O) groups is 1. The van der Waals surface area contributed by atoms with E-state index < -0.39 is 0 Å². The second-order valence-corrected chi connectivity index (χ2v) is 4.30. The summed E-state index contributed by atoms with van der Waals surface area (Å²) in [5, 5.41) is 6.32. The number of rotatable bonds is 3. The number of hydrogen-bond donors (Lipinski definition) is 1. The highest BCUT2D eigenvalue weighted by atomic mass is 32.1. The van der Waals surface area contributed by atoms with E-state index in [9.17, 15) is 4.79 Å². The van der Waals surface area contributed by atoms with Crippen LogP contribution in [-0.2, 0) is 4.79 Å². The van der Waals surface area contributed by atoms with Crippen LogP contribution in [0.2, 0.25) is 0 Å². The molecule has 1 atom stereocenters. The van der Waals surface area contributed by atoms with E-state index in [1.165, 1.54) is 0 Å². The second kappa shape index (κ2) is 3.92. The molecule has 1 N–H and O–H groups in total. The van der Waals surface area contributed by atoms with Gasteiger partial charge >= 0.3 is 0 Å². The van der Waals surface area contributed by atoms with Crippen LogP contribution in [0, 0.1) is 0 Å². The highest BCUT2D eigenvalue weighted by molar-refractivity contribution is 7.09. The zero-order valence-corrected chi connectivity index (χ0v) is 8.80. The molecule has 1 heterocycles. The lowest BCUT2D eigenvalue weighted by atomic mass is 10.3. The van der Waals surface area contributed by atoms with Crippen molar-refractivity contribution >= 4 is 17.1 Å². The Hall–Kier alpha value is -1.16. The summed E-state index contributed by atoms with van der Waals surface area (Å²) in [4.78, 5) is 15.2. The minimum atomic E-state index is 0.201. The molecule has 0 saturated heterocycles. The summed E-state index contributed by atoms with van der Waals surface area (Å²) in [7, 11) is 0. The molecule has 0 radical (unpaired) electrons. The van der Waals surface area contributed by atoms with Crippen molar-refractivity contribution in [3.63, 3.8) is 0 Å². The maximum Gasteiger partial charge on any atom is 0.157 e. The molecule has 0 spiro atoms. The van der Waals surface area contributed by atoms with Crippen molar-refractivity contribution < 1.29 is 4.79 Å². The van der Waals surface area contributed by atoms with Crippen molar-refractivity contribution in [2.75, 3.05) is 0 Å². The summed E-state index contributed by atoms with van der Waals surface area (Å²) in [6, 6.07) is 0.201. The molecule has 3 nitrogen and oxygen atoms in total. The zero-order valence-electron chi connectivity index (χ0n) is 7.99. The summed E-state index contributed by atoms with van der Waals surface area (Å²) in [6.45, 7) is 2.06. The van der Waals surface area contributed by atoms with Crippen molar-refractivity contribution in [1.29, 1.82) is 0 Å². The minimum absolute atomic E-state index is 0.201. The van der Waals surface area contributed by atoms with Crippen molar-refractivity contribution in [3.05, 3.63) is 28.4 Å². The average molecular weight is 208 g/mol. The molecule has 0 bridgehead atoms. The smallest absolute Gasteiger partial charge is 0.157 e. The zero-order chi connectivity index (χ0) is 9.97. The molecule has 14 heavy (non-hydrogen) atoms. The van der Waals surface area contributed by atoms with E-state index in [2.05, 4.69) is 17.2 Å². The van der Waals surface area contributed by atoms with Crippen LogP contribution in [-0.4, -0.2) is 10.8 Å². The molecule has 0 aliphatic heterocycles. The van der Waals surface area contributed by atoms with Gasteiger partial charge in [0.05, 0.1) is 6.04 Å². The molecule has 1 aliphatic carbocycles. The number of nitrogens with one attached hydrogen (secondary N) is 1. The van der Waals surface area contributed by atoms with Gasteiger partial charge in [-0.15, -0.1) is 11.3 Å². The summed E-state index contributed by atoms with van der Waals surface area (Å²) in [6.07, 6.45) is 4.98. The van der Waals surface area contributed by atoms with Crippen molar-refractivity contribution in [2.45, 2.75) is 25.8 Å². The number of hydrogen-bond acceptors (Lipinski definition) is 4. The number of thiazole rings is 1. The molecule has 0 aromatic carbocycles. The Morgan fingerprint density at radius 3 is 3.00 bits per heavy atom. The third-order valence-electron chi connectivity index (χ3n) is 2.20. The predicted octanol–water partition coefficient (Wildman–Crippen LogP) is 2.04. The number of nitrogens with zero attached hydrogens (tertiary/aromatic N) is 1. The maximum atomic E-state index is 11.0. The largest absolute Gasteiger partial charge is 0.379 e. The average Bonchev–Trinajstić information content (AvgIpc) is 2.75. The van der Waals surface area contributed by atoms with E-state index in [1.807, 2.05) is 5.38 Å². The first-order valence-electron chi connectivity index (χ1n) is 4.65. The summed E-state index contributed by atoms with van der Waals surface area (Å²) >= 11 is 1.63. The second-order valence-electron chi connectivity index (χ2n) is 3.37. The first kappa shape index (κ1) is 9.40. The molecule has 0 saturated carbocycles. The van der Waals surface area contributed by atoms with Gasteiger partial charge in [-0.3, -0.25) is 4.79 Å².